The summed E-state index contributed by atoms with van der Waals surface area (Å²) in [4.78, 5) is 26.7. The van der Waals surface area contributed by atoms with Gasteiger partial charge in [0.05, 0.1) is 10.6 Å². The van der Waals surface area contributed by atoms with E-state index in [2.05, 4.69) is 10.3 Å². The third kappa shape index (κ3) is 3.87. The van der Waals surface area contributed by atoms with Gasteiger partial charge in [0.1, 0.15) is 0 Å². The Morgan fingerprint density at radius 2 is 2.19 bits per heavy atom. The zero-order chi connectivity index (χ0) is 15.4. The molecule has 0 saturated heterocycles. The number of amides is 1. The summed E-state index contributed by atoms with van der Waals surface area (Å²) < 4.78 is 13.7. The fourth-order valence-electron chi connectivity index (χ4n) is 1.42. The topological polar surface area (TPSA) is 79.3 Å². The van der Waals surface area contributed by atoms with Crippen molar-refractivity contribution in [1.82, 2.24) is 4.98 Å². The predicted octanol–water partition coefficient (Wildman–Crippen LogP) is 3.29. The van der Waals surface area contributed by atoms with E-state index in [0.717, 1.165) is 17.4 Å². The van der Waals surface area contributed by atoms with Crippen LogP contribution in [0.15, 0.2) is 30.5 Å². The second-order valence-corrected chi connectivity index (χ2v) is 5.26. The summed E-state index contributed by atoms with van der Waals surface area (Å²) in [6.45, 7) is 0. The Balaban J connectivity index is 2.13. The number of carbonyl (C=O) groups is 2. The van der Waals surface area contributed by atoms with E-state index in [4.69, 9.17) is 16.7 Å². The molecule has 0 atom stereocenters. The van der Waals surface area contributed by atoms with Gasteiger partial charge in [-0.3, -0.25) is 10.1 Å². The van der Waals surface area contributed by atoms with Crippen LogP contribution >= 0.6 is 22.9 Å². The highest BCUT2D eigenvalue weighted by Crippen LogP contribution is 2.22. The monoisotopic (exact) mass is 326 g/mol. The standard InChI is InChI=1S/C13H8ClFN2O3S/c14-9-3-1-2-8(11(9)15)12(20)17-13-16-6-7(21-13)4-5-10(18)19/h1-6H,(H,18,19)(H,16,17,20)/b5-4+. The second-order valence-electron chi connectivity index (χ2n) is 3.79. The Kier molecular flexibility index (Phi) is 4.66. The van der Waals surface area contributed by atoms with E-state index in [9.17, 15) is 14.0 Å². The van der Waals surface area contributed by atoms with E-state index in [1.165, 1.54) is 30.5 Å². The predicted molar refractivity (Wildman–Crippen MR) is 78.1 cm³/mol. The van der Waals surface area contributed by atoms with Gasteiger partial charge < -0.3 is 5.11 Å². The molecule has 0 aliphatic rings. The van der Waals surface area contributed by atoms with E-state index < -0.39 is 17.7 Å². The first-order valence-electron chi connectivity index (χ1n) is 5.59. The number of aliphatic carboxylic acids is 1. The molecule has 1 aromatic heterocycles. The highest BCUT2D eigenvalue weighted by Gasteiger charge is 2.15. The maximum absolute atomic E-state index is 13.7. The van der Waals surface area contributed by atoms with Gasteiger partial charge >= 0.3 is 5.97 Å². The SMILES string of the molecule is O=C(O)/C=C/c1cnc(NC(=O)c2cccc(Cl)c2F)s1. The van der Waals surface area contributed by atoms with Crippen molar-refractivity contribution in [3.05, 3.63) is 51.8 Å². The van der Waals surface area contributed by atoms with Gasteiger partial charge in [-0.25, -0.2) is 14.2 Å². The summed E-state index contributed by atoms with van der Waals surface area (Å²) in [5.41, 5.74) is -0.194. The molecule has 5 nitrogen and oxygen atoms in total. The van der Waals surface area contributed by atoms with Crippen molar-refractivity contribution in [3.63, 3.8) is 0 Å². The number of halogens is 2. The van der Waals surface area contributed by atoms with Crippen molar-refractivity contribution in [2.24, 2.45) is 0 Å². The second kappa shape index (κ2) is 6.47. The van der Waals surface area contributed by atoms with E-state index in [1.807, 2.05) is 0 Å². The van der Waals surface area contributed by atoms with Crippen LogP contribution in [0, 0.1) is 5.82 Å². The fourth-order valence-corrected chi connectivity index (χ4v) is 2.31. The number of rotatable bonds is 4. The number of anilines is 1. The molecule has 2 rings (SSSR count). The number of nitrogens with zero attached hydrogens (tertiary/aromatic N) is 1. The number of benzene rings is 1. The molecule has 21 heavy (non-hydrogen) atoms. The van der Waals surface area contributed by atoms with Gasteiger partial charge in [-0.15, -0.1) is 0 Å². The molecule has 0 aliphatic carbocycles. The first-order chi connectivity index (χ1) is 9.97. The Bertz CT molecular complexity index is 730. The molecule has 2 aromatic rings. The third-order valence-corrected chi connectivity index (χ3v) is 3.50. The number of thiazole rings is 1. The van der Waals surface area contributed by atoms with E-state index >= 15 is 0 Å². The average molecular weight is 327 g/mol. The van der Waals surface area contributed by atoms with Crippen LogP contribution in [0.2, 0.25) is 5.02 Å². The van der Waals surface area contributed by atoms with Crippen LogP contribution in [0.25, 0.3) is 6.08 Å². The van der Waals surface area contributed by atoms with Crippen molar-refractivity contribution in [2.75, 3.05) is 5.32 Å². The molecule has 108 valence electrons. The molecule has 0 saturated carbocycles. The van der Waals surface area contributed by atoms with Gasteiger partial charge in [-0.1, -0.05) is 29.0 Å². The van der Waals surface area contributed by atoms with Gasteiger partial charge in [0.15, 0.2) is 10.9 Å². The van der Waals surface area contributed by atoms with E-state index in [0.29, 0.717) is 4.88 Å². The van der Waals surface area contributed by atoms with Crippen molar-refractivity contribution < 1.29 is 19.1 Å². The summed E-state index contributed by atoms with van der Waals surface area (Å²) in [5, 5.41) is 11.0. The summed E-state index contributed by atoms with van der Waals surface area (Å²) in [7, 11) is 0. The maximum Gasteiger partial charge on any atom is 0.328 e. The molecule has 2 N–H and O–H groups in total. The Morgan fingerprint density at radius 1 is 1.43 bits per heavy atom. The number of hydrogen-bond donors (Lipinski definition) is 2. The first-order valence-corrected chi connectivity index (χ1v) is 6.79. The Hall–Kier alpha value is -2.25. The maximum atomic E-state index is 13.7. The van der Waals surface area contributed by atoms with E-state index in [1.54, 1.807) is 0 Å². The lowest BCUT2D eigenvalue weighted by atomic mass is 10.2. The first kappa shape index (κ1) is 15.1. The Labute approximate surface area is 127 Å². The fraction of sp³-hybridized carbons (Fsp3) is 0. The summed E-state index contributed by atoms with van der Waals surface area (Å²) in [5.74, 6) is -2.58. The third-order valence-electron chi connectivity index (χ3n) is 2.33. The molecule has 0 aliphatic heterocycles. The number of carbonyl (C=O) groups excluding carboxylic acids is 1. The van der Waals surface area contributed by atoms with Gasteiger partial charge in [0.2, 0.25) is 0 Å². The molecular weight excluding hydrogens is 319 g/mol. The lowest BCUT2D eigenvalue weighted by molar-refractivity contribution is -0.131. The lowest BCUT2D eigenvalue weighted by Gasteiger charge is -2.03. The highest BCUT2D eigenvalue weighted by molar-refractivity contribution is 7.16. The van der Waals surface area contributed by atoms with Crippen LogP contribution in [0.5, 0.6) is 0 Å². The number of nitrogens with one attached hydrogen (secondary N) is 1. The molecular formula is C13H8ClFN2O3S. The van der Waals surface area contributed by atoms with Crippen molar-refractivity contribution in [3.8, 4) is 0 Å². The van der Waals surface area contributed by atoms with Crippen LogP contribution in [0.1, 0.15) is 15.2 Å². The quantitative estimate of drug-likeness (QED) is 0.845. The molecule has 0 unspecified atom stereocenters. The van der Waals surface area contributed by atoms with Crippen molar-refractivity contribution in [1.29, 1.82) is 0 Å². The van der Waals surface area contributed by atoms with Crippen LogP contribution in [0.4, 0.5) is 9.52 Å². The summed E-state index contributed by atoms with van der Waals surface area (Å²) in [6, 6.07) is 4.10. The molecule has 0 spiro atoms. The lowest BCUT2D eigenvalue weighted by Crippen LogP contribution is -2.13. The zero-order valence-corrected chi connectivity index (χ0v) is 11.9. The molecule has 1 amide bonds. The van der Waals surface area contributed by atoms with Gasteiger partial charge in [-0.2, -0.15) is 0 Å². The number of carboxylic acids is 1. The molecule has 0 bridgehead atoms. The molecule has 0 fully saturated rings. The molecule has 8 heteroatoms. The summed E-state index contributed by atoms with van der Waals surface area (Å²) in [6.07, 6.45) is 3.69. The minimum Gasteiger partial charge on any atom is -0.478 e. The van der Waals surface area contributed by atoms with Crippen molar-refractivity contribution in [2.45, 2.75) is 0 Å². The zero-order valence-electron chi connectivity index (χ0n) is 10.3. The average Bonchev–Trinajstić information content (AvgIpc) is 2.87. The number of hydrogen-bond acceptors (Lipinski definition) is 4. The minimum atomic E-state index is -1.09. The minimum absolute atomic E-state index is 0.146. The van der Waals surface area contributed by atoms with Crippen LogP contribution < -0.4 is 5.32 Å². The molecule has 1 heterocycles. The smallest absolute Gasteiger partial charge is 0.328 e. The van der Waals surface area contributed by atoms with Gasteiger partial charge in [0, 0.05) is 17.2 Å². The number of aromatic nitrogens is 1. The van der Waals surface area contributed by atoms with Crippen LogP contribution in [0.3, 0.4) is 0 Å². The van der Waals surface area contributed by atoms with Gasteiger partial charge in [-0.05, 0) is 18.2 Å². The summed E-state index contributed by atoms with van der Waals surface area (Å²) >= 11 is 6.66. The van der Waals surface area contributed by atoms with E-state index in [-0.39, 0.29) is 15.7 Å². The van der Waals surface area contributed by atoms with Gasteiger partial charge in [0.25, 0.3) is 5.91 Å². The highest BCUT2D eigenvalue weighted by atomic mass is 35.5. The normalized spacial score (nSPS) is 10.8. The van der Waals surface area contributed by atoms with Crippen molar-refractivity contribution >= 4 is 46.0 Å². The van der Waals surface area contributed by atoms with Crippen LogP contribution in [-0.4, -0.2) is 22.0 Å². The molecule has 0 radical (unpaired) electrons. The van der Waals surface area contributed by atoms with Crippen LogP contribution in [-0.2, 0) is 4.79 Å². The Morgan fingerprint density at radius 3 is 2.90 bits per heavy atom. The number of carboxylic acid groups (broad SMARTS) is 1. The molecule has 1 aromatic carbocycles. The largest absolute Gasteiger partial charge is 0.478 e.